The number of amides is 2. The summed E-state index contributed by atoms with van der Waals surface area (Å²) in [6.45, 7) is 5.79. The number of aryl methyl sites for hydroxylation is 1. The highest BCUT2D eigenvalue weighted by Crippen LogP contribution is 2.27. The minimum absolute atomic E-state index is 0.138. The molecule has 0 saturated carbocycles. The summed E-state index contributed by atoms with van der Waals surface area (Å²) in [6, 6.07) is 8.75. The Morgan fingerprint density at radius 1 is 1.24 bits per heavy atom. The van der Waals surface area contributed by atoms with Crippen molar-refractivity contribution in [2.45, 2.75) is 26.7 Å². The van der Waals surface area contributed by atoms with E-state index in [0.29, 0.717) is 10.5 Å². The quantitative estimate of drug-likeness (QED) is 0.490. The first kappa shape index (κ1) is 18.3. The fraction of sp³-hybridized carbons (Fsp3) is 0.278. The first-order valence-corrected chi connectivity index (χ1v) is 7.88. The number of nitrogens with zero attached hydrogens (tertiary/aromatic N) is 1. The molecule has 0 unspecified atom stereocenters. The monoisotopic (exact) mass is 343 g/mol. The number of carbonyl (C=O) groups is 2. The zero-order valence-corrected chi connectivity index (χ0v) is 14.4. The van der Waals surface area contributed by atoms with Gasteiger partial charge in [0.1, 0.15) is 11.3 Å². The van der Waals surface area contributed by atoms with Gasteiger partial charge in [-0.25, -0.2) is 0 Å². The van der Waals surface area contributed by atoms with E-state index < -0.39 is 11.8 Å². The van der Waals surface area contributed by atoms with Gasteiger partial charge in [0, 0.05) is 6.07 Å². The van der Waals surface area contributed by atoms with Gasteiger partial charge in [-0.15, -0.1) is 0 Å². The van der Waals surface area contributed by atoms with Crippen LogP contribution in [-0.4, -0.2) is 18.4 Å². The Morgan fingerprint density at radius 2 is 2.00 bits per heavy atom. The summed E-state index contributed by atoms with van der Waals surface area (Å²) in [6.07, 6.45) is 2.37. The van der Waals surface area contributed by atoms with E-state index >= 15 is 0 Å². The molecule has 2 aromatic rings. The minimum Gasteiger partial charge on any atom is -0.619 e. The molecule has 0 spiro atoms. The van der Waals surface area contributed by atoms with Crippen molar-refractivity contribution in [1.82, 2.24) is 10.9 Å². The second-order valence-corrected chi connectivity index (χ2v) is 5.94. The lowest BCUT2D eigenvalue weighted by molar-refractivity contribution is -0.605. The van der Waals surface area contributed by atoms with Crippen LogP contribution in [0.3, 0.4) is 0 Å². The van der Waals surface area contributed by atoms with E-state index in [1.54, 1.807) is 0 Å². The Kier molecular flexibility index (Phi) is 5.94. The molecule has 132 valence electrons. The summed E-state index contributed by atoms with van der Waals surface area (Å²) >= 11 is 0. The third-order valence-corrected chi connectivity index (χ3v) is 3.50. The summed E-state index contributed by atoms with van der Waals surface area (Å²) < 4.78 is 6.09. The van der Waals surface area contributed by atoms with Crippen molar-refractivity contribution in [2.75, 3.05) is 6.61 Å². The van der Waals surface area contributed by atoms with E-state index in [1.165, 1.54) is 18.3 Å². The normalized spacial score (nSPS) is 10.4. The van der Waals surface area contributed by atoms with Crippen molar-refractivity contribution in [1.29, 1.82) is 0 Å². The van der Waals surface area contributed by atoms with Crippen molar-refractivity contribution in [3.8, 4) is 5.75 Å². The van der Waals surface area contributed by atoms with Gasteiger partial charge in [0.15, 0.2) is 19.0 Å². The van der Waals surface area contributed by atoms with Gasteiger partial charge in [0.05, 0.1) is 0 Å². The van der Waals surface area contributed by atoms with Crippen LogP contribution >= 0.6 is 0 Å². The molecule has 7 nitrogen and oxygen atoms in total. The molecule has 0 fully saturated rings. The highest BCUT2D eigenvalue weighted by Gasteiger charge is 2.12. The van der Waals surface area contributed by atoms with E-state index in [9.17, 15) is 14.8 Å². The maximum absolute atomic E-state index is 11.9. The molecule has 1 heterocycles. The Hall–Kier alpha value is -3.09. The number of nitrogens with one attached hydrogen (secondary N) is 2. The minimum atomic E-state index is -0.586. The van der Waals surface area contributed by atoms with Crippen LogP contribution in [0.2, 0.25) is 0 Å². The van der Waals surface area contributed by atoms with E-state index in [2.05, 4.69) is 10.9 Å². The van der Waals surface area contributed by atoms with Crippen LogP contribution in [0.1, 0.15) is 41.3 Å². The largest absolute Gasteiger partial charge is 0.619 e. The zero-order chi connectivity index (χ0) is 18.4. The lowest BCUT2D eigenvalue weighted by atomic mass is 10.0. The van der Waals surface area contributed by atoms with Gasteiger partial charge in [-0.2, -0.15) is 4.73 Å². The molecule has 1 aromatic carbocycles. The summed E-state index contributed by atoms with van der Waals surface area (Å²) in [5.41, 5.74) is 6.67. The number of hydrogen-bond donors (Lipinski definition) is 2. The van der Waals surface area contributed by atoms with Crippen molar-refractivity contribution < 1.29 is 19.1 Å². The lowest BCUT2D eigenvalue weighted by Crippen LogP contribution is -2.44. The summed E-state index contributed by atoms with van der Waals surface area (Å²) in [5.74, 6) is -0.186. The van der Waals surface area contributed by atoms with Crippen LogP contribution in [-0.2, 0) is 4.79 Å². The molecule has 1 aromatic heterocycles. The van der Waals surface area contributed by atoms with Crippen LogP contribution in [0.15, 0.2) is 42.7 Å². The summed E-state index contributed by atoms with van der Waals surface area (Å²) in [7, 11) is 0. The molecule has 0 aliphatic carbocycles. The number of carbonyl (C=O) groups excluding carboxylic acids is 2. The Labute approximate surface area is 146 Å². The highest BCUT2D eigenvalue weighted by atomic mass is 16.5. The summed E-state index contributed by atoms with van der Waals surface area (Å²) in [4.78, 5) is 23.7. The third-order valence-electron chi connectivity index (χ3n) is 3.50. The number of rotatable bonds is 5. The molecular weight excluding hydrogens is 322 g/mol. The number of ether oxygens (including phenoxy) is 1. The molecule has 0 aliphatic heterocycles. The Morgan fingerprint density at radius 3 is 2.68 bits per heavy atom. The Balaban J connectivity index is 1.89. The zero-order valence-electron chi connectivity index (χ0n) is 14.4. The van der Waals surface area contributed by atoms with Gasteiger partial charge < -0.3 is 9.94 Å². The second kappa shape index (κ2) is 8.14. The summed E-state index contributed by atoms with van der Waals surface area (Å²) in [5, 5.41) is 11.1. The smallest absolute Gasteiger partial charge is 0.276 e. The van der Waals surface area contributed by atoms with E-state index in [4.69, 9.17) is 4.74 Å². The van der Waals surface area contributed by atoms with Crippen molar-refractivity contribution >= 4 is 11.8 Å². The number of aromatic nitrogens is 1. The molecule has 0 atom stereocenters. The molecule has 25 heavy (non-hydrogen) atoms. The van der Waals surface area contributed by atoms with Crippen LogP contribution in [0.25, 0.3) is 0 Å². The fourth-order valence-electron chi connectivity index (χ4n) is 2.21. The molecular formula is C18H21N3O4. The van der Waals surface area contributed by atoms with E-state index in [1.807, 2.05) is 39.0 Å². The lowest BCUT2D eigenvalue weighted by Gasteiger charge is -2.15. The van der Waals surface area contributed by atoms with Crippen molar-refractivity contribution in [3.05, 3.63) is 64.6 Å². The van der Waals surface area contributed by atoms with Gasteiger partial charge in [0.2, 0.25) is 0 Å². The van der Waals surface area contributed by atoms with Gasteiger partial charge in [-0.3, -0.25) is 20.4 Å². The van der Waals surface area contributed by atoms with Crippen molar-refractivity contribution in [2.24, 2.45) is 0 Å². The predicted molar refractivity (Wildman–Crippen MR) is 91.8 cm³/mol. The van der Waals surface area contributed by atoms with E-state index in [0.717, 1.165) is 17.3 Å². The molecule has 0 saturated heterocycles. The van der Waals surface area contributed by atoms with Crippen LogP contribution in [0.4, 0.5) is 0 Å². The molecule has 2 N–H and O–H groups in total. The maximum Gasteiger partial charge on any atom is 0.276 e. The van der Waals surface area contributed by atoms with Gasteiger partial charge in [-0.1, -0.05) is 26.0 Å². The first-order chi connectivity index (χ1) is 11.9. The molecule has 2 amide bonds. The second-order valence-electron chi connectivity index (χ2n) is 5.94. The third kappa shape index (κ3) is 5.20. The van der Waals surface area contributed by atoms with E-state index in [-0.39, 0.29) is 18.1 Å². The molecule has 2 rings (SSSR count). The topological polar surface area (TPSA) is 94.4 Å². The van der Waals surface area contributed by atoms with Gasteiger partial charge >= 0.3 is 0 Å². The SMILES string of the molecule is Cc1ccc(C(C)C)c(OCC(=O)NNC(=O)c2ccc[n+]([O-])c2)c1. The highest BCUT2D eigenvalue weighted by molar-refractivity contribution is 5.94. The van der Waals surface area contributed by atoms with Gasteiger partial charge in [-0.05, 0) is 36.1 Å². The number of hydrogen-bond acceptors (Lipinski definition) is 4. The standard InChI is InChI=1S/C18H21N3O4/c1-12(2)15-7-6-13(3)9-16(15)25-11-17(22)19-20-18(23)14-5-4-8-21(24)10-14/h4-10,12H,11H2,1-3H3,(H,19,22)(H,20,23). The predicted octanol–water partition coefficient (Wildman–Crippen LogP) is 1.59. The van der Waals surface area contributed by atoms with Crippen LogP contribution in [0.5, 0.6) is 5.75 Å². The molecule has 0 aliphatic rings. The molecule has 0 bridgehead atoms. The number of hydrazine groups is 1. The average Bonchev–Trinajstić information content (AvgIpc) is 2.57. The number of pyridine rings is 1. The van der Waals surface area contributed by atoms with Gasteiger partial charge in [0.25, 0.3) is 11.8 Å². The van der Waals surface area contributed by atoms with Crippen LogP contribution in [0, 0.1) is 12.1 Å². The first-order valence-electron chi connectivity index (χ1n) is 7.88. The fourth-order valence-corrected chi connectivity index (χ4v) is 2.21. The molecule has 7 heteroatoms. The maximum atomic E-state index is 11.9. The van der Waals surface area contributed by atoms with Crippen LogP contribution < -0.4 is 20.3 Å². The average molecular weight is 343 g/mol. The molecule has 0 radical (unpaired) electrons. The number of benzene rings is 1. The van der Waals surface area contributed by atoms with Crippen molar-refractivity contribution in [3.63, 3.8) is 0 Å². The Bertz CT molecular complexity index is 775.